The number of nitrogens with zero attached hydrogens (tertiary/aromatic N) is 3. The second-order valence-corrected chi connectivity index (χ2v) is 9.11. The van der Waals surface area contributed by atoms with Crippen LogP contribution in [0.5, 0.6) is 11.5 Å². The van der Waals surface area contributed by atoms with Gasteiger partial charge in [-0.3, -0.25) is 9.69 Å². The summed E-state index contributed by atoms with van der Waals surface area (Å²) in [5, 5.41) is 20.2. The van der Waals surface area contributed by atoms with E-state index in [-0.39, 0.29) is 23.2 Å². The molecule has 2 heterocycles. The Balaban J connectivity index is 1.45. The number of fused-ring (bicyclic) bond motifs is 1. The maximum Gasteiger partial charge on any atom is 0.417 e. The van der Waals surface area contributed by atoms with Crippen molar-refractivity contribution in [1.29, 1.82) is 5.26 Å². The first-order valence-corrected chi connectivity index (χ1v) is 11.2. The zero-order chi connectivity index (χ0) is 25.5. The Bertz CT molecular complexity index is 1230. The van der Waals surface area contributed by atoms with Crippen LogP contribution in [0.4, 0.5) is 18.9 Å². The highest BCUT2D eigenvalue weighted by molar-refractivity contribution is 7.80. The van der Waals surface area contributed by atoms with E-state index in [1.54, 1.807) is 43.0 Å². The van der Waals surface area contributed by atoms with E-state index < -0.39 is 29.1 Å². The van der Waals surface area contributed by atoms with E-state index in [4.69, 9.17) is 27.0 Å². The molecule has 1 saturated heterocycles. The predicted octanol–water partition coefficient (Wildman–Crippen LogP) is 4.13. The van der Waals surface area contributed by atoms with Gasteiger partial charge in [0.25, 0.3) is 0 Å². The minimum absolute atomic E-state index is 0.0167. The van der Waals surface area contributed by atoms with E-state index in [0.717, 1.165) is 12.1 Å². The fraction of sp³-hybridized carbons (Fsp3) is 0.375. The van der Waals surface area contributed by atoms with Crippen molar-refractivity contribution < 1.29 is 32.5 Å². The van der Waals surface area contributed by atoms with Crippen molar-refractivity contribution >= 4 is 28.8 Å². The monoisotopic (exact) mass is 505 g/mol. The number of aliphatic hydroxyl groups excluding tert-OH is 1. The molecule has 35 heavy (non-hydrogen) atoms. The molecule has 0 saturated carbocycles. The molecule has 0 radical (unpaired) electrons. The minimum Gasteiger partial charge on any atom is -0.493 e. The summed E-state index contributed by atoms with van der Waals surface area (Å²) in [4.78, 5) is 14.7. The number of anilines is 1. The number of carbonyl (C=O) groups excluding carboxylic acids is 1. The summed E-state index contributed by atoms with van der Waals surface area (Å²) in [5.41, 5.74) is -1.92. The maximum absolute atomic E-state index is 13.4. The van der Waals surface area contributed by atoms with E-state index >= 15 is 0 Å². The molecular weight excluding hydrogens is 483 g/mol. The van der Waals surface area contributed by atoms with E-state index in [9.17, 15) is 23.1 Å². The summed E-state index contributed by atoms with van der Waals surface area (Å²) in [7, 11) is 0. The van der Waals surface area contributed by atoms with Crippen molar-refractivity contribution in [3.63, 3.8) is 0 Å². The molecule has 1 N–H and O–H groups in total. The lowest BCUT2D eigenvalue weighted by Crippen LogP contribution is -2.47. The van der Waals surface area contributed by atoms with Crippen molar-refractivity contribution in [2.45, 2.75) is 38.2 Å². The standard InChI is InChI=1S/C24H22F3N3O4S/c1-23(2)21(32)30(15-5-4-14(12-28)18(10-15)24(25,26)27)22(35)29(23)8-3-9-33-16-6-7-17-19(31)13-34-20(17)11-16/h4-7,10-11,21,32H,3,8-9,13H2,1-2H3. The van der Waals surface area contributed by atoms with E-state index in [2.05, 4.69) is 0 Å². The van der Waals surface area contributed by atoms with Crippen molar-refractivity contribution in [3.05, 3.63) is 53.1 Å². The molecule has 2 aliphatic rings. The number of carbonyl (C=O) groups is 1. The van der Waals surface area contributed by atoms with E-state index in [0.29, 0.717) is 36.6 Å². The van der Waals surface area contributed by atoms with Gasteiger partial charge in [0.15, 0.2) is 17.9 Å². The number of halogens is 3. The Morgan fingerprint density at radius 3 is 2.71 bits per heavy atom. The van der Waals surface area contributed by atoms with Crippen LogP contribution in [0.25, 0.3) is 0 Å². The zero-order valence-corrected chi connectivity index (χ0v) is 19.7. The van der Waals surface area contributed by atoms with Gasteiger partial charge in [-0.15, -0.1) is 0 Å². The van der Waals surface area contributed by atoms with Crippen LogP contribution in [0.1, 0.15) is 41.8 Å². The lowest BCUT2D eigenvalue weighted by atomic mass is 10.0. The molecule has 11 heteroatoms. The predicted molar refractivity (Wildman–Crippen MR) is 124 cm³/mol. The molecule has 0 bridgehead atoms. The highest BCUT2D eigenvalue weighted by atomic mass is 32.1. The number of thiocarbonyl (C=S) groups is 1. The topological polar surface area (TPSA) is 86.0 Å². The SMILES string of the molecule is CC1(C)C(O)N(c2ccc(C#N)c(C(F)(F)F)c2)C(=S)N1CCCOc1ccc2c(c1)OCC2=O. The molecule has 184 valence electrons. The number of alkyl halides is 3. The Morgan fingerprint density at radius 2 is 2.03 bits per heavy atom. The van der Waals surface area contributed by atoms with Gasteiger partial charge in [0.1, 0.15) is 11.5 Å². The fourth-order valence-corrected chi connectivity index (χ4v) is 4.69. The molecule has 0 amide bonds. The highest BCUT2D eigenvalue weighted by Gasteiger charge is 2.49. The van der Waals surface area contributed by atoms with Gasteiger partial charge in [0, 0.05) is 18.3 Å². The number of Topliss-reactive ketones (excluding diaryl/α,β-unsaturated/α-hetero) is 1. The summed E-state index contributed by atoms with van der Waals surface area (Å²) in [5.74, 6) is 0.943. The number of benzene rings is 2. The third kappa shape index (κ3) is 4.51. The van der Waals surface area contributed by atoms with Crippen LogP contribution < -0.4 is 14.4 Å². The van der Waals surface area contributed by atoms with Crippen LogP contribution in [0.15, 0.2) is 36.4 Å². The van der Waals surface area contributed by atoms with Crippen LogP contribution in [0.3, 0.4) is 0 Å². The average molecular weight is 506 g/mol. The van der Waals surface area contributed by atoms with E-state index in [1.807, 2.05) is 0 Å². The lowest BCUT2D eigenvalue weighted by molar-refractivity contribution is -0.137. The Hall–Kier alpha value is -3.36. The molecule has 4 rings (SSSR count). The van der Waals surface area contributed by atoms with Crippen LogP contribution >= 0.6 is 12.2 Å². The Kier molecular flexibility index (Phi) is 6.38. The Morgan fingerprint density at radius 1 is 1.29 bits per heavy atom. The third-order valence-electron chi connectivity index (χ3n) is 6.12. The highest BCUT2D eigenvalue weighted by Crippen LogP contribution is 2.39. The van der Waals surface area contributed by atoms with Gasteiger partial charge in [-0.05, 0) is 62.8 Å². The zero-order valence-electron chi connectivity index (χ0n) is 18.9. The van der Waals surface area contributed by atoms with Gasteiger partial charge in [0.05, 0.1) is 34.9 Å². The first-order valence-electron chi connectivity index (χ1n) is 10.8. The van der Waals surface area contributed by atoms with Crippen molar-refractivity contribution in [2.24, 2.45) is 0 Å². The van der Waals surface area contributed by atoms with Crippen molar-refractivity contribution in [2.75, 3.05) is 24.7 Å². The molecule has 2 aromatic carbocycles. The number of hydrogen-bond donors (Lipinski definition) is 1. The summed E-state index contributed by atoms with van der Waals surface area (Å²) in [6.45, 7) is 4.18. The molecule has 0 spiro atoms. The first-order chi connectivity index (χ1) is 16.4. The van der Waals surface area contributed by atoms with Crippen LogP contribution in [-0.2, 0) is 6.18 Å². The van der Waals surface area contributed by atoms with Crippen LogP contribution in [0.2, 0.25) is 0 Å². The molecule has 1 fully saturated rings. The summed E-state index contributed by atoms with van der Waals surface area (Å²) < 4.78 is 51.4. The van der Waals surface area contributed by atoms with Gasteiger partial charge < -0.3 is 19.5 Å². The fourth-order valence-electron chi connectivity index (χ4n) is 4.16. The molecule has 0 aliphatic carbocycles. The number of hydrogen-bond acceptors (Lipinski definition) is 6. The smallest absolute Gasteiger partial charge is 0.417 e. The van der Waals surface area contributed by atoms with Crippen molar-refractivity contribution in [1.82, 2.24) is 4.90 Å². The summed E-state index contributed by atoms with van der Waals surface area (Å²) in [6, 6.07) is 9.78. The second kappa shape index (κ2) is 9.02. The minimum atomic E-state index is -4.73. The van der Waals surface area contributed by atoms with Gasteiger partial charge in [-0.1, -0.05) is 0 Å². The quantitative estimate of drug-likeness (QED) is 0.464. The molecule has 7 nitrogen and oxygen atoms in total. The second-order valence-electron chi connectivity index (χ2n) is 8.74. The van der Waals surface area contributed by atoms with Crippen LogP contribution in [-0.4, -0.2) is 52.4 Å². The number of nitriles is 1. The maximum atomic E-state index is 13.4. The molecule has 0 aromatic heterocycles. The molecule has 1 unspecified atom stereocenters. The van der Waals surface area contributed by atoms with Gasteiger partial charge in [-0.2, -0.15) is 18.4 Å². The molecule has 2 aliphatic heterocycles. The lowest BCUT2D eigenvalue weighted by Gasteiger charge is -2.33. The summed E-state index contributed by atoms with van der Waals surface area (Å²) in [6.07, 6.45) is -5.44. The normalized spacial score (nSPS) is 18.9. The first kappa shape index (κ1) is 24.8. The molecule has 2 aromatic rings. The number of ketones is 1. The van der Waals surface area contributed by atoms with Gasteiger partial charge in [-0.25, -0.2) is 0 Å². The average Bonchev–Trinajstić information content (AvgIpc) is 3.25. The Labute approximate surface area is 205 Å². The molecular formula is C24H22F3N3O4S. The van der Waals surface area contributed by atoms with Crippen LogP contribution in [0, 0.1) is 11.3 Å². The van der Waals surface area contributed by atoms with Crippen molar-refractivity contribution in [3.8, 4) is 17.6 Å². The largest absolute Gasteiger partial charge is 0.493 e. The number of ether oxygens (including phenoxy) is 2. The van der Waals surface area contributed by atoms with Gasteiger partial charge >= 0.3 is 6.18 Å². The molecule has 1 atom stereocenters. The third-order valence-corrected chi connectivity index (χ3v) is 6.54. The van der Waals surface area contributed by atoms with Gasteiger partial charge in [0.2, 0.25) is 5.78 Å². The number of rotatable bonds is 6. The number of aliphatic hydroxyl groups is 1. The van der Waals surface area contributed by atoms with E-state index in [1.165, 1.54) is 11.0 Å². The summed E-state index contributed by atoms with van der Waals surface area (Å²) >= 11 is 5.53.